The lowest BCUT2D eigenvalue weighted by atomic mass is 10.1. The van der Waals surface area contributed by atoms with Gasteiger partial charge in [0.1, 0.15) is 11.5 Å². The molecule has 0 saturated heterocycles. The van der Waals surface area contributed by atoms with Crippen molar-refractivity contribution in [3.63, 3.8) is 0 Å². The number of carbonyl (C=O) groups is 2. The highest BCUT2D eigenvalue weighted by Crippen LogP contribution is 2.32. The van der Waals surface area contributed by atoms with Crippen molar-refractivity contribution in [1.29, 1.82) is 0 Å². The first kappa shape index (κ1) is 22.1. The van der Waals surface area contributed by atoms with Crippen LogP contribution >= 0.6 is 15.9 Å². The highest BCUT2D eigenvalue weighted by molar-refractivity contribution is 9.10. The number of hydrogen-bond acceptors (Lipinski definition) is 4. The van der Waals surface area contributed by atoms with Crippen LogP contribution < -0.4 is 20.1 Å². The zero-order valence-electron chi connectivity index (χ0n) is 17.6. The number of ether oxygens (including phenoxy) is 2. The normalized spacial score (nSPS) is 12.9. The predicted octanol–water partition coefficient (Wildman–Crippen LogP) is 4.00. The molecule has 3 aromatic rings. The molecule has 0 radical (unpaired) electrons. The monoisotopic (exact) mass is 496 g/mol. The average molecular weight is 497 g/mol. The van der Waals surface area contributed by atoms with Gasteiger partial charge in [-0.3, -0.25) is 9.59 Å². The van der Waals surface area contributed by atoms with Crippen LogP contribution in [0.2, 0.25) is 0 Å². The second-order valence-corrected chi connectivity index (χ2v) is 8.55. The summed E-state index contributed by atoms with van der Waals surface area (Å²) in [5.41, 5.74) is 1.07. The third kappa shape index (κ3) is 6.23. The molecule has 0 atom stereocenters. The third-order valence-corrected chi connectivity index (χ3v) is 5.98. The Labute approximate surface area is 195 Å². The quantitative estimate of drug-likeness (QED) is 0.444. The molecular weight excluding hydrogens is 472 g/mol. The van der Waals surface area contributed by atoms with E-state index in [1.807, 2.05) is 60.7 Å². The molecule has 0 unspecified atom stereocenters. The topological polar surface area (TPSA) is 76.7 Å². The Morgan fingerprint density at radius 3 is 2.44 bits per heavy atom. The number of fused-ring (bicyclic) bond motifs is 1. The van der Waals surface area contributed by atoms with E-state index in [9.17, 15) is 9.59 Å². The van der Waals surface area contributed by atoms with E-state index in [2.05, 4.69) is 26.6 Å². The van der Waals surface area contributed by atoms with E-state index in [1.165, 1.54) is 0 Å². The van der Waals surface area contributed by atoms with E-state index < -0.39 is 0 Å². The number of amides is 2. The second kappa shape index (κ2) is 10.5. The van der Waals surface area contributed by atoms with E-state index >= 15 is 0 Å². The van der Waals surface area contributed by atoms with Gasteiger partial charge in [-0.15, -0.1) is 0 Å². The summed E-state index contributed by atoms with van der Waals surface area (Å²) in [5.74, 6) is 1.03. The van der Waals surface area contributed by atoms with Crippen LogP contribution in [0.5, 0.6) is 11.5 Å². The number of rotatable bonds is 10. The highest BCUT2D eigenvalue weighted by Gasteiger charge is 2.23. The number of benzene rings is 3. The van der Waals surface area contributed by atoms with Crippen molar-refractivity contribution >= 4 is 38.5 Å². The van der Waals surface area contributed by atoms with Gasteiger partial charge < -0.3 is 20.1 Å². The van der Waals surface area contributed by atoms with Crippen LogP contribution in [0.4, 0.5) is 0 Å². The lowest BCUT2D eigenvalue weighted by Crippen LogP contribution is -2.30. The summed E-state index contributed by atoms with van der Waals surface area (Å²) in [6.45, 7) is 0.483. The molecule has 0 aromatic heterocycles. The molecule has 166 valence electrons. The lowest BCUT2D eigenvalue weighted by Gasteiger charge is -2.11. The summed E-state index contributed by atoms with van der Waals surface area (Å²) in [7, 11) is 0. The van der Waals surface area contributed by atoms with E-state index in [0.717, 1.165) is 33.7 Å². The SMILES string of the molecule is O=C(COc1ccc2ccccc2c1Br)NCCc1ccc(OCC(=O)NC2CC2)cc1. The molecule has 0 bridgehead atoms. The van der Waals surface area contributed by atoms with Gasteiger partial charge in [-0.05, 0) is 69.7 Å². The summed E-state index contributed by atoms with van der Waals surface area (Å²) in [4.78, 5) is 23.8. The van der Waals surface area contributed by atoms with Crippen molar-refractivity contribution in [1.82, 2.24) is 10.6 Å². The first-order valence-electron chi connectivity index (χ1n) is 10.7. The van der Waals surface area contributed by atoms with Gasteiger partial charge in [0.05, 0.1) is 4.47 Å². The van der Waals surface area contributed by atoms with Gasteiger partial charge in [0.2, 0.25) is 0 Å². The molecule has 2 N–H and O–H groups in total. The fraction of sp³-hybridized carbons (Fsp3) is 0.280. The Hall–Kier alpha value is -3.06. The van der Waals surface area contributed by atoms with Crippen LogP contribution in [0.15, 0.2) is 65.1 Å². The van der Waals surface area contributed by atoms with Gasteiger partial charge in [0.25, 0.3) is 11.8 Å². The van der Waals surface area contributed by atoms with Gasteiger partial charge in [-0.25, -0.2) is 0 Å². The number of nitrogens with one attached hydrogen (secondary N) is 2. The van der Waals surface area contributed by atoms with Gasteiger partial charge in [-0.1, -0.05) is 42.5 Å². The maximum Gasteiger partial charge on any atom is 0.258 e. The first-order chi connectivity index (χ1) is 15.6. The average Bonchev–Trinajstić information content (AvgIpc) is 3.62. The second-order valence-electron chi connectivity index (χ2n) is 7.76. The molecule has 2 amide bonds. The van der Waals surface area contributed by atoms with Crippen molar-refractivity contribution in [2.45, 2.75) is 25.3 Å². The summed E-state index contributed by atoms with van der Waals surface area (Å²) in [6.07, 6.45) is 2.81. The fourth-order valence-electron chi connectivity index (χ4n) is 3.26. The largest absolute Gasteiger partial charge is 0.484 e. The summed E-state index contributed by atoms with van der Waals surface area (Å²) >= 11 is 3.56. The van der Waals surface area contributed by atoms with Crippen molar-refractivity contribution in [3.8, 4) is 11.5 Å². The molecule has 6 nitrogen and oxygen atoms in total. The van der Waals surface area contributed by atoms with E-state index in [4.69, 9.17) is 9.47 Å². The fourth-order valence-corrected chi connectivity index (χ4v) is 3.87. The molecule has 0 heterocycles. The summed E-state index contributed by atoms with van der Waals surface area (Å²) < 4.78 is 12.0. The van der Waals surface area contributed by atoms with Crippen LogP contribution in [0.3, 0.4) is 0 Å². The lowest BCUT2D eigenvalue weighted by molar-refractivity contribution is -0.123. The van der Waals surface area contributed by atoms with Gasteiger partial charge in [0.15, 0.2) is 13.2 Å². The minimum atomic E-state index is -0.174. The van der Waals surface area contributed by atoms with Crippen LogP contribution in [-0.2, 0) is 16.0 Å². The Morgan fingerprint density at radius 1 is 0.906 bits per heavy atom. The standard InChI is InChI=1S/C25H25BrN2O4/c26-25-21-4-2-1-3-18(21)7-12-22(25)32-15-23(29)27-14-13-17-5-10-20(11-6-17)31-16-24(30)28-19-8-9-19/h1-7,10-12,19H,8-9,13-16H2,(H,27,29)(H,28,30). The molecule has 1 saturated carbocycles. The van der Waals surface area contributed by atoms with Crippen LogP contribution in [0, 0.1) is 0 Å². The maximum atomic E-state index is 12.2. The number of carbonyl (C=O) groups excluding carboxylic acids is 2. The molecule has 3 aromatic carbocycles. The molecule has 0 spiro atoms. The minimum absolute atomic E-state index is 0.0270. The van der Waals surface area contributed by atoms with Crippen LogP contribution in [0.25, 0.3) is 10.8 Å². The van der Waals surface area contributed by atoms with E-state index in [0.29, 0.717) is 30.5 Å². The van der Waals surface area contributed by atoms with Crippen molar-refractivity contribution in [2.75, 3.05) is 19.8 Å². The third-order valence-electron chi connectivity index (χ3n) is 5.16. The smallest absolute Gasteiger partial charge is 0.258 e. The molecule has 32 heavy (non-hydrogen) atoms. The first-order valence-corrected chi connectivity index (χ1v) is 11.5. The molecule has 4 rings (SSSR count). The predicted molar refractivity (Wildman–Crippen MR) is 127 cm³/mol. The highest BCUT2D eigenvalue weighted by atomic mass is 79.9. The van der Waals surface area contributed by atoms with E-state index in [1.54, 1.807) is 0 Å². The minimum Gasteiger partial charge on any atom is -0.484 e. The molecule has 7 heteroatoms. The number of halogens is 1. The van der Waals surface area contributed by atoms with Crippen LogP contribution in [-0.4, -0.2) is 37.6 Å². The van der Waals surface area contributed by atoms with Gasteiger partial charge >= 0.3 is 0 Å². The zero-order chi connectivity index (χ0) is 22.3. The molecule has 1 fully saturated rings. The Bertz CT molecular complexity index is 1100. The Kier molecular flexibility index (Phi) is 7.27. The Balaban J connectivity index is 1.17. The zero-order valence-corrected chi connectivity index (χ0v) is 19.2. The molecule has 0 aliphatic heterocycles. The van der Waals surface area contributed by atoms with Crippen molar-refractivity contribution in [3.05, 3.63) is 70.7 Å². The summed E-state index contributed by atoms with van der Waals surface area (Å²) in [5, 5.41) is 7.91. The van der Waals surface area contributed by atoms with Crippen molar-refractivity contribution in [2.24, 2.45) is 0 Å². The van der Waals surface area contributed by atoms with Gasteiger partial charge in [0, 0.05) is 12.6 Å². The summed E-state index contributed by atoms with van der Waals surface area (Å²) in [6, 6.07) is 19.7. The van der Waals surface area contributed by atoms with Crippen LogP contribution in [0.1, 0.15) is 18.4 Å². The molecular formula is C25H25BrN2O4. The molecule has 1 aliphatic rings. The Morgan fingerprint density at radius 2 is 1.66 bits per heavy atom. The number of hydrogen-bond donors (Lipinski definition) is 2. The van der Waals surface area contributed by atoms with Gasteiger partial charge in [-0.2, -0.15) is 0 Å². The molecule has 1 aliphatic carbocycles. The van der Waals surface area contributed by atoms with E-state index in [-0.39, 0.29) is 25.0 Å². The van der Waals surface area contributed by atoms with Crippen molar-refractivity contribution < 1.29 is 19.1 Å². The maximum absolute atomic E-state index is 12.2.